The number of alkyl halides is 3. The van der Waals surface area contributed by atoms with E-state index >= 15 is 0 Å². The van der Waals surface area contributed by atoms with Crippen molar-refractivity contribution >= 4 is 5.91 Å². The van der Waals surface area contributed by atoms with Crippen LogP contribution in [0.4, 0.5) is 13.2 Å². The Morgan fingerprint density at radius 1 is 1.39 bits per heavy atom. The van der Waals surface area contributed by atoms with Crippen LogP contribution in [0.25, 0.3) is 11.4 Å². The maximum atomic E-state index is 12.6. The molecular weight excluding hydrogens is 311 g/mol. The van der Waals surface area contributed by atoms with E-state index in [-0.39, 0.29) is 28.9 Å². The van der Waals surface area contributed by atoms with Crippen LogP contribution in [0.5, 0.6) is 0 Å². The summed E-state index contributed by atoms with van der Waals surface area (Å²) in [6, 6.07) is 6.37. The van der Waals surface area contributed by atoms with Gasteiger partial charge >= 0.3 is 12.1 Å². The lowest BCUT2D eigenvalue weighted by molar-refractivity contribution is -0.159. The molecule has 1 aliphatic rings. The fraction of sp³-hybridized carbons (Fsp3) is 0.400. The van der Waals surface area contributed by atoms with E-state index in [0.29, 0.717) is 5.92 Å². The van der Waals surface area contributed by atoms with Gasteiger partial charge in [0.2, 0.25) is 5.82 Å². The number of benzene rings is 1. The minimum atomic E-state index is -4.72. The first-order chi connectivity index (χ1) is 10.9. The maximum absolute atomic E-state index is 12.6. The lowest BCUT2D eigenvalue weighted by Crippen LogP contribution is -2.27. The number of carbonyl (C=O) groups excluding carboxylic acids is 1. The van der Waals surface area contributed by atoms with Gasteiger partial charge in [0.15, 0.2) is 0 Å². The Morgan fingerprint density at radius 2 is 2.13 bits per heavy atom. The van der Waals surface area contributed by atoms with E-state index in [2.05, 4.69) is 20.0 Å². The van der Waals surface area contributed by atoms with Crippen molar-refractivity contribution in [2.24, 2.45) is 5.92 Å². The smallest absolute Gasteiger partial charge is 0.349 e. The predicted molar refractivity (Wildman–Crippen MR) is 74.4 cm³/mol. The van der Waals surface area contributed by atoms with Gasteiger partial charge in [0.1, 0.15) is 0 Å². The third-order valence-electron chi connectivity index (χ3n) is 3.84. The van der Waals surface area contributed by atoms with Crippen LogP contribution in [0.1, 0.15) is 36.0 Å². The van der Waals surface area contributed by atoms with Crippen LogP contribution in [0.15, 0.2) is 28.8 Å². The molecule has 1 fully saturated rings. The Hall–Kier alpha value is -2.38. The Balaban J connectivity index is 1.86. The van der Waals surface area contributed by atoms with Crippen LogP contribution in [0.2, 0.25) is 0 Å². The first-order valence-corrected chi connectivity index (χ1v) is 7.21. The second-order valence-electron chi connectivity index (χ2n) is 5.45. The molecule has 1 N–H and O–H groups in total. The molecule has 2 atom stereocenters. The predicted octanol–water partition coefficient (Wildman–Crippen LogP) is 3.28. The summed E-state index contributed by atoms with van der Waals surface area (Å²) in [5.41, 5.74) is 0.432. The fourth-order valence-corrected chi connectivity index (χ4v) is 2.45. The summed E-state index contributed by atoms with van der Waals surface area (Å²) >= 11 is 0. The highest BCUT2D eigenvalue weighted by atomic mass is 19.4. The molecule has 0 radical (unpaired) electrons. The van der Waals surface area contributed by atoms with Gasteiger partial charge in [-0.15, -0.1) is 0 Å². The summed E-state index contributed by atoms with van der Waals surface area (Å²) in [6.07, 6.45) is -2.82. The highest BCUT2D eigenvalue weighted by Gasteiger charge is 2.39. The molecule has 1 aliphatic carbocycles. The van der Waals surface area contributed by atoms with Crippen LogP contribution in [0, 0.1) is 5.92 Å². The molecule has 8 heteroatoms. The van der Waals surface area contributed by atoms with Crippen molar-refractivity contribution in [3.63, 3.8) is 0 Å². The SMILES string of the molecule is CCC1CC1NC(=O)c1ccccc1-c1noc(C(F)(F)F)n1. The molecule has 0 bridgehead atoms. The third kappa shape index (κ3) is 3.20. The van der Waals surface area contributed by atoms with E-state index in [4.69, 9.17) is 0 Å². The number of halogens is 3. The maximum Gasteiger partial charge on any atom is 0.471 e. The molecule has 2 aromatic rings. The number of nitrogens with one attached hydrogen (secondary N) is 1. The van der Waals surface area contributed by atoms with Gasteiger partial charge in [-0.05, 0) is 18.4 Å². The summed E-state index contributed by atoms with van der Waals surface area (Å²) < 4.78 is 41.9. The average molecular weight is 325 g/mol. The number of amides is 1. The van der Waals surface area contributed by atoms with Gasteiger partial charge in [-0.25, -0.2) is 0 Å². The lowest BCUT2D eigenvalue weighted by Gasteiger charge is -2.07. The molecule has 0 spiro atoms. The van der Waals surface area contributed by atoms with Gasteiger partial charge in [-0.3, -0.25) is 4.79 Å². The fourth-order valence-electron chi connectivity index (χ4n) is 2.45. The zero-order valence-electron chi connectivity index (χ0n) is 12.2. The minimum absolute atomic E-state index is 0.122. The van der Waals surface area contributed by atoms with Gasteiger partial charge in [0, 0.05) is 11.6 Å². The second kappa shape index (κ2) is 5.68. The van der Waals surface area contributed by atoms with E-state index in [1.165, 1.54) is 12.1 Å². The molecule has 0 saturated heterocycles. The van der Waals surface area contributed by atoms with Crippen molar-refractivity contribution in [1.82, 2.24) is 15.5 Å². The number of hydrogen-bond acceptors (Lipinski definition) is 4. The summed E-state index contributed by atoms with van der Waals surface area (Å²) in [7, 11) is 0. The van der Waals surface area contributed by atoms with Crippen LogP contribution in [0.3, 0.4) is 0 Å². The first kappa shape index (κ1) is 15.5. The van der Waals surface area contributed by atoms with E-state index in [0.717, 1.165) is 12.8 Å². The summed E-state index contributed by atoms with van der Waals surface area (Å²) in [5, 5.41) is 6.21. The van der Waals surface area contributed by atoms with Crippen molar-refractivity contribution in [2.75, 3.05) is 0 Å². The molecule has 1 amide bonds. The van der Waals surface area contributed by atoms with Crippen molar-refractivity contribution in [2.45, 2.75) is 32.0 Å². The Bertz CT molecular complexity index is 727. The highest BCUT2D eigenvalue weighted by Crippen LogP contribution is 2.34. The van der Waals surface area contributed by atoms with E-state index < -0.39 is 12.1 Å². The Kier molecular flexibility index (Phi) is 3.83. The largest absolute Gasteiger partial charge is 0.471 e. The highest BCUT2D eigenvalue weighted by molar-refractivity contribution is 6.00. The molecule has 2 unspecified atom stereocenters. The third-order valence-corrected chi connectivity index (χ3v) is 3.84. The van der Waals surface area contributed by atoms with E-state index in [1.54, 1.807) is 12.1 Å². The van der Waals surface area contributed by atoms with E-state index in [1.807, 2.05) is 6.92 Å². The van der Waals surface area contributed by atoms with Gasteiger partial charge in [-0.1, -0.05) is 36.7 Å². The van der Waals surface area contributed by atoms with Crippen LogP contribution in [-0.2, 0) is 6.18 Å². The summed E-state index contributed by atoms with van der Waals surface area (Å²) in [6.45, 7) is 2.04. The van der Waals surface area contributed by atoms with E-state index in [9.17, 15) is 18.0 Å². The van der Waals surface area contributed by atoms with Crippen molar-refractivity contribution in [1.29, 1.82) is 0 Å². The zero-order chi connectivity index (χ0) is 16.6. The minimum Gasteiger partial charge on any atom is -0.349 e. The molecule has 5 nitrogen and oxygen atoms in total. The van der Waals surface area contributed by atoms with Gasteiger partial charge in [0.25, 0.3) is 5.91 Å². The number of carbonyl (C=O) groups is 1. The number of aromatic nitrogens is 2. The molecule has 122 valence electrons. The standard InChI is InChI=1S/C15H14F3N3O2/c1-2-8-7-11(8)19-13(22)10-6-4-3-5-9(10)12-20-14(23-21-12)15(16,17)18/h3-6,8,11H,2,7H2,1H3,(H,19,22). The number of rotatable bonds is 4. The molecule has 1 aromatic heterocycles. The topological polar surface area (TPSA) is 68.0 Å². The Labute approximate surface area is 129 Å². The molecule has 3 rings (SSSR count). The normalized spacial score (nSPS) is 20.3. The first-order valence-electron chi connectivity index (χ1n) is 7.21. The Morgan fingerprint density at radius 3 is 2.74 bits per heavy atom. The number of nitrogens with zero attached hydrogens (tertiary/aromatic N) is 2. The van der Waals surface area contributed by atoms with Gasteiger partial charge < -0.3 is 9.84 Å². The monoisotopic (exact) mass is 325 g/mol. The molecule has 23 heavy (non-hydrogen) atoms. The molecular formula is C15H14F3N3O2. The van der Waals surface area contributed by atoms with Crippen LogP contribution >= 0.6 is 0 Å². The lowest BCUT2D eigenvalue weighted by atomic mass is 10.1. The van der Waals surface area contributed by atoms with Crippen LogP contribution in [-0.4, -0.2) is 22.1 Å². The quantitative estimate of drug-likeness (QED) is 0.936. The van der Waals surface area contributed by atoms with Gasteiger partial charge in [-0.2, -0.15) is 18.2 Å². The zero-order valence-corrected chi connectivity index (χ0v) is 12.2. The second-order valence-corrected chi connectivity index (χ2v) is 5.45. The van der Waals surface area contributed by atoms with Gasteiger partial charge in [0.05, 0.1) is 5.56 Å². The van der Waals surface area contributed by atoms with Crippen molar-refractivity contribution < 1.29 is 22.5 Å². The molecule has 0 aliphatic heterocycles. The average Bonchev–Trinajstić information content (AvgIpc) is 3.06. The van der Waals surface area contributed by atoms with Crippen molar-refractivity contribution in [3.05, 3.63) is 35.7 Å². The molecule has 1 aromatic carbocycles. The summed E-state index contributed by atoms with van der Waals surface area (Å²) in [5.74, 6) is -1.57. The summed E-state index contributed by atoms with van der Waals surface area (Å²) in [4.78, 5) is 15.7. The van der Waals surface area contributed by atoms with Crippen LogP contribution < -0.4 is 5.32 Å². The number of hydrogen-bond donors (Lipinski definition) is 1. The van der Waals surface area contributed by atoms with Crippen molar-refractivity contribution in [3.8, 4) is 11.4 Å². The molecule has 1 heterocycles. The molecule has 1 saturated carbocycles.